The zero-order chi connectivity index (χ0) is 18.7. The van der Waals surface area contributed by atoms with Gasteiger partial charge in [0.05, 0.1) is 5.02 Å². The van der Waals surface area contributed by atoms with Gasteiger partial charge in [-0.25, -0.2) is 14.4 Å². The van der Waals surface area contributed by atoms with Crippen molar-refractivity contribution in [2.75, 3.05) is 17.3 Å². The zero-order valence-electron chi connectivity index (χ0n) is 14.2. The second-order valence-corrected chi connectivity index (χ2v) is 6.05. The highest BCUT2D eigenvalue weighted by molar-refractivity contribution is 6.31. The first-order valence-corrected chi connectivity index (χ1v) is 8.22. The lowest BCUT2D eigenvalue weighted by Crippen LogP contribution is -2.27. The summed E-state index contributed by atoms with van der Waals surface area (Å²) in [6.07, 6.45) is 0. The van der Waals surface area contributed by atoms with Crippen LogP contribution in [0.15, 0.2) is 54.6 Å². The SMILES string of the molecule is Cc1nc(Nc2ccc(F)c(Cl)c2)cc(C(=O)N(C)c2ccccc2)n1. The van der Waals surface area contributed by atoms with Crippen molar-refractivity contribution in [1.82, 2.24) is 9.97 Å². The van der Waals surface area contributed by atoms with Crippen LogP contribution in [-0.2, 0) is 0 Å². The predicted molar refractivity (Wildman–Crippen MR) is 101 cm³/mol. The summed E-state index contributed by atoms with van der Waals surface area (Å²) in [4.78, 5) is 22.7. The number of rotatable bonds is 4. The van der Waals surface area contributed by atoms with Gasteiger partial charge in [0.2, 0.25) is 0 Å². The number of carbonyl (C=O) groups excluding carboxylic acids is 1. The maximum atomic E-state index is 13.3. The third-order valence-electron chi connectivity index (χ3n) is 3.70. The number of aromatic nitrogens is 2. The van der Waals surface area contributed by atoms with Crippen LogP contribution in [0.5, 0.6) is 0 Å². The van der Waals surface area contributed by atoms with Gasteiger partial charge in [-0.1, -0.05) is 29.8 Å². The lowest BCUT2D eigenvalue weighted by molar-refractivity contribution is 0.0988. The Labute approximate surface area is 155 Å². The third-order valence-corrected chi connectivity index (χ3v) is 3.99. The van der Waals surface area contributed by atoms with Crippen molar-refractivity contribution < 1.29 is 9.18 Å². The standard InChI is InChI=1S/C19H16ClFN4O/c1-12-22-17(19(26)25(2)14-6-4-3-5-7-14)11-18(23-12)24-13-8-9-16(21)15(20)10-13/h3-11H,1-2H3,(H,22,23,24). The van der Waals surface area contributed by atoms with Crippen molar-refractivity contribution in [3.05, 3.63) is 77.0 Å². The molecule has 0 radical (unpaired) electrons. The van der Waals surface area contributed by atoms with Crippen LogP contribution in [0.4, 0.5) is 21.6 Å². The Balaban J connectivity index is 1.87. The van der Waals surface area contributed by atoms with Crippen molar-refractivity contribution in [2.45, 2.75) is 6.92 Å². The van der Waals surface area contributed by atoms with E-state index in [0.717, 1.165) is 5.69 Å². The molecule has 7 heteroatoms. The number of halogens is 2. The minimum atomic E-state index is -0.503. The fourth-order valence-electron chi connectivity index (χ4n) is 2.40. The average molecular weight is 371 g/mol. The minimum Gasteiger partial charge on any atom is -0.340 e. The summed E-state index contributed by atoms with van der Waals surface area (Å²) in [6.45, 7) is 1.70. The van der Waals surface area contributed by atoms with Crippen molar-refractivity contribution in [1.29, 1.82) is 0 Å². The monoisotopic (exact) mass is 370 g/mol. The molecule has 3 rings (SSSR count). The van der Waals surface area contributed by atoms with E-state index in [1.165, 1.54) is 23.1 Å². The summed E-state index contributed by atoms with van der Waals surface area (Å²) >= 11 is 5.79. The molecule has 5 nitrogen and oxygen atoms in total. The highest BCUT2D eigenvalue weighted by Gasteiger charge is 2.16. The molecule has 0 saturated carbocycles. The van der Waals surface area contributed by atoms with Crippen LogP contribution in [-0.4, -0.2) is 22.9 Å². The van der Waals surface area contributed by atoms with E-state index in [0.29, 0.717) is 17.3 Å². The first kappa shape index (κ1) is 17.8. The summed E-state index contributed by atoms with van der Waals surface area (Å²) in [6, 6.07) is 15.1. The molecule has 0 spiro atoms. The summed E-state index contributed by atoms with van der Waals surface area (Å²) in [5.74, 6) is 0.0938. The summed E-state index contributed by atoms with van der Waals surface area (Å²) in [5.41, 5.74) is 1.57. The Morgan fingerprint density at radius 3 is 2.54 bits per heavy atom. The van der Waals surface area contributed by atoms with Crippen LogP contribution < -0.4 is 10.2 Å². The molecule has 1 amide bonds. The highest BCUT2D eigenvalue weighted by Crippen LogP contribution is 2.23. The Morgan fingerprint density at radius 1 is 1.12 bits per heavy atom. The molecule has 0 saturated heterocycles. The van der Waals surface area contributed by atoms with Gasteiger partial charge in [-0.3, -0.25) is 4.79 Å². The van der Waals surface area contributed by atoms with Crippen molar-refractivity contribution >= 4 is 34.7 Å². The lowest BCUT2D eigenvalue weighted by atomic mass is 10.2. The van der Waals surface area contributed by atoms with Crippen LogP contribution in [0, 0.1) is 12.7 Å². The zero-order valence-corrected chi connectivity index (χ0v) is 15.0. The normalized spacial score (nSPS) is 10.5. The number of anilines is 3. The fourth-order valence-corrected chi connectivity index (χ4v) is 2.58. The number of hydrogen-bond donors (Lipinski definition) is 1. The van der Waals surface area contributed by atoms with E-state index in [2.05, 4.69) is 15.3 Å². The number of benzene rings is 2. The van der Waals surface area contributed by atoms with Gasteiger partial charge in [-0.2, -0.15) is 0 Å². The van der Waals surface area contributed by atoms with Crippen LogP contribution in [0.1, 0.15) is 16.3 Å². The van der Waals surface area contributed by atoms with Gasteiger partial charge in [-0.15, -0.1) is 0 Å². The molecule has 2 aromatic carbocycles. The first-order valence-electron chi connectivity index (χ1n) is 7.85. The van der Waals surface area contributed by atoms with Gasteiger partial charge < -0.3 is 10.2 Å². The topological polar surface area (TPSA) is 58.1 Å². The third kappa shape index (κ3) is 3.97. The highest BCUT2D eigenvalue weighted by atomic mass is 35.5. The smallest absolute Gasteiger partial charge is 0.276 e. The van der Waals surface area contributed by atoms with Crippen LogP contribution >= 0.6 is 11.6 Å². The van der Waals surface area contributed by atoms with Crippen LogP contribution in [0.25, 0.3) is 0 Å². The number of hydrogen-bond acceptors (Lipinski definition) is 4. The van der Waals surface area contributed by atoms with Crippen LogP contribution in [0.3, 0.4) is 0 Å². The second-order valence-electron chi connectivity index (χ2n) is 5.64. The number of amides is 1. The number of carbonyl (C=O) groups is 1. The van der Waals surface area contributed by atoms with Gasteiger partial charge in [0.25, 0.3) is 5.91 Å². The Morgan fingerprint density at radius 2 is 1.85 bits per heavy atom. The lowest BCUT2D eigenvalue weighted by Gasteiger charge is -2.17. The molecule has 0 aliphatic heterocycles. The minimum absolute atomic E-state index is 0.000823. The Hall–Kier alpha value is -2.99. The Bertz CT molecular complexity index is 950. The molecule has 0 fully saturated rings. The molecular weight excluding hydrogens is 355 g/mol. The van der Waals surface area contributed by atoms with Gasteiger partial charge in [0.15, 0.2) is 0 Å². The second kappa shape index (κ2) is 7.49. The Kier molecular flexibility index (Phi) is 5.14. The molecule has 132 valence electrons. The van der Waals surface area contributed by atoms with E-state index < -0.39 is 5.82 Å². The van der Waals surface area contributed by atoms with Gasteiger partial charge in [0, 0.05) is 24.5 Å². The number of para-hydroxylation sites is 1. The summed E-state index contributed by atoms with van der Waals surface area (Å²) < 4.78 is 13.3. The van der Waals surface area contributed by atoms with E-state index in [9.17, 15) is 9.18 Å². The molecule has 0 aliphatic rings. The largest absolute Gasteiger partial charge is 0.340 e. The fraction of sp³-hybridized carbons (Fsp3) is 0.105. The van der Waals surface area contributed by atoms with E-state index in [-0.39, 0.29) is 16.6 Å². The number of aryl methyl sites for hydroxylation is 1. The van der Waals surface area contributed by atoms with E-state index in [1.807, 2.05) is 30.3 Å². The summed E-state index contributed by atoms with van der Waals surface area (Å²) in [7, 11) is 1.68. The molecule has 1 heterocycles. The molecule has 26 heavy (non-hydrogen) atoms. The maximum absolute atomic E-state index is 13.3. The molecule has 0 unspecified atom stereocenters. The van der Waals surface area contributed by atoms with E-state index >= 15 is 0 Å². The molecule has 1 N–H and O–H groups in total. The number of nitrogens with zero attached hydrogens (tertiary/aromatic N) is 3. The van der Waals surface area contributed by atoms with Crippen molar-refractivity contribution in [3.8, 4) is 0 Å². The maximum Gasteiger partial charge on any atom is 0.276 e. The van der Waals surface area contributed by atoms with Crippen molar-refractivity contribution in [3.63, 3.8) is 0 Å². The molecular formula is C19H16ClFN4O. The molecule has 0 bridgehead atoms. The van der Waals surface area contributed by atoms with Gasteiger partial charge in [-0.05, 0) is 37.3 Å². The van der Waals surface area contributed by atoms with Gasteiger partial charge >= 0.3 is 0 Å². The predicted octanol–water partition coefficient (Wildman–Crippen LogP) is 4.60. The molecule has 3 aromatic rings. The summed E-state index contributed by atoms with van der Waals surface area (Å²) in [5, 5.41) is 3.01. The van der Waals surface area contributed by atoms with Crippen LogP contribution in [0.2, 0.25) is 5.02 Å². The average Bonchev–Trinajstić information content (AvgIpc) is 2.64. The molecule has 0 aliphatic carbocycles. The number of nitrogens with one attached hydrogen (secondary N) is 1. The van der Waals surface area contributed by atoms with E-state index in [4.69, 9.17) is 11.6 Å². The van der Waals surface area contributed by atoms with Gasteiger partial charge in [0.1, 0.15) is 23.2 Å². The molecule has 1 aromatic heterocycles. The quantitative estimate of drug-likeness (QED) is 0.729. The molecule has 0 atom stereocenters. The van der Waals surface area contributed by atoms with E-state index in [1.54, 1.807) is 20.0 Å². The first-order chi connectivity index (χ1) is 12.4. The van der Waals surface area contributed by atoms with Crippen molar-refractivity contribution in [2.24, 2.45) is 0 Å².